The number of anilines is 2. The lowest BCUT2D eigenvalue weighted by molar-refractivity contribution is 0.102. The molecule has 0 aliphatic carbocycles. The van der Waals surface area contributed by atoms with Crippen molar-refractivity contribution < 1.29 is 9.53 Å². The maximum atomic E-state index is 12.2. The Morgan fingerprint density at radius 3 is 2.60 bits per heavy atom. The molecule has 0 saturated carbocycles. The molecule has 4 nitrogen and oxygen atoms in total. The molecule has 0 heterocycles. The van der Waals surface area contributed by atoms with Crippen molar-refractivity contribution in [1.82, 2.24) is 0 Å². The number of hydrogen-bond donors (Lipinski definition) is 2. The predicted octanol–water partition coefficient (Wildman–Crippen LogP) is 3.44. The Balaban J connectivity index is 2.21. The number of nitrogen functional groups attached to an aromatic ring is 1. The molecule has 20 heavy (non-hydrogen) atoms. The van der Waals surface area contributed by atoms with Crippen LogP contribution in [0.4, 0.5) is 11.4 Å². The van der Waals surface area contributed by atoms with Crippen LogP contribution in [0.1, 0.15) is 15.9 Å². The van der Waals surface area contributed by atoms with Gasteiger partial charge in [0.05, 0.1) is 12.8 Å². The van der Waals surface area contributed by atoms with Crippen molar-refractivity contribution in [3.05, 3.63) is 51.1 Å². The average Bonchev–Trinajstić information content (AvgIpc) is 2.41. The van der Waals surface area contributed by atoms with E-state index in [4.69, 9.17) is 10.5 Å². The Morgan fingerprint density at radius 2 is 2.00 bits per heavy atom. The number of nitrogens with two attached hydrogens (primary N) is 1. The first-order chi connectivity index (χ1) is 9.51. The van der Waals surface area contributed by atoms with E-state index in [1.54, 1.807) is 25.3 Å². The van der Waals surface area contributed by atoms with Gasteiger partial charge in [0.1, 0.15) is 5.75 Å². The number of methoxy groups -OCH3 is 1. The van der Waals surface area contributed by atoms with Gasteiger partial charge in [-0.3, -0.25) is 4.79 Å². The summed E-state index contributed by atoms with van der Waals surface area (Å²) in [4.78, 5) is 12.2. The van der Waals surface area contributed by atoms with Gasteiger partial charge in [0.15, 0.2) is 0 Å². The van der Waals surface area contributed by atoms with E-state index < -0.39 is 0 Å². The minimum absolute atomic E-state index is 0.191. The van der Waals surface area contributed by atoms with Gasteiger partial charge in [-0.1, -0.05) is 0 Å². The molecule has 1 amide bonds. The van der Waals surface area contributed by atoms with Crippen LogP contribution in [0, 0.1) is 10.5 Å². The van der Waals surface area contributed by atoms with Crippen LogP contribution in [0.15, 0.2) is 36.4 Å². The molecule has 0 fully saturated rings. The Labute approximate surface area is 131 Å². The molecule has 0 spiro atoms. The van der Waals surface area contributed by atoms with Gasteiger partial charge in [-0.25, -0.2) is 0 Å². The highest BCUT2D eigenvalue weighted by atomic mass is 127. The standard InChI is InChI=1S/C15H15IN2O2/c1-9-7-11(16)4-5-13(9)18-15(19)10-3-6-14(20-2)12(17)8-10/h3-8H,17H2,1-2H3,(H,18,19). The van der Waals surface area contributed by atoms with Crippen LogP contribution in [0.25, 0.3) is 0 Å². The summed E-state index contributed by atoms with van der Waals surface area (Å²) in [5, 5.41) is 2.88. The molecule has 0 unspecified atom stereocenters. The van der Waals surface area contributed by atoms with Gasteiger partial charge in [0.25, 0.3) is 5.91 Å². The Kier molecular flexibility index (Phi) is 4.49. The van der Waals surface area contributed by atoms with Gasteiger partial charge in [-0.15, -0.1) is 0 Å². The lowest BCUT2D eigenvalue weighted by Crippen LogP contribution is -2.13. The number of aryl methyl sites for hydroxylation is 1. The first kappa shape index (κ1) is 14.6. The summed E-state index contributed by atoms with van der Waals surface area (Å²) in [5.41, 5.74) is 8.57. The Hall–Kier alpha value is -1.76. The number of amides is 1. The molecule has 0 aliphatic rings. The summed E-state index contributed by atoms with van der Waals surface area (Å²) in [6, 6.07) is 10.8. The lowest BCUT2D eigenvalue weighted by atomic mass is 10.1. The van der Waals surface area contributed by atoms with E-state index in [-0.39, 0.29) is 5.91 Å². The van der Waals surface area contributed by atoms with Gasteiger partial charge >= 0.3 is 0 Å². The molecule has 2 rings (SSSR count). The average molecular weight is 382 g/mol. The zero-order chi connectivity index (χ0) is 14.7. The minimum Gasteiger partial charge on any atom is -0.495 e. The van der Waals surface area contributed by atoms with E-state index in [2.05, 4.69) is 27.9 Å². The highest BCUT2D eigenvalue weighted by Gasteiger charge is 2.10. The zero-order valence-electron chi connectivity index (χ0n) is 11.2. The number of benzene rings is 2. The number of hydrogen-bond acceptors (Lipinski definition) is 3. The van der Waals surface area contributed by atoms with Gasteiger partial charge in [-0.05, 0) is 71.5 Å². The molecule has 104 valence electrons. The second-order valence-electron chi connectivity index (χ2n) is 4.37. The first-order valence-electron chi connectivity index (χ1n) is 6.02. The van der Waals surface area contributed by atoms with E-state index >= 15 is 0 Å². The van der Waals surface area contributed by atoms with Crippen LogP contribution >= 0.6 is 22.6 Å². The lowest BCUT2D eigenvalue weighted by Gasteiger charge is -2.10. The predicted molar refractivity (Wildman–Crippen MR) is 89.3 cm³/mol. The molecule has 5 heteroatoms. The van der Waals surface area contributed by atoms with Crippen LogP contribution in [0.2, 0.25) is 0 Å². The van der Waals surface area contributed by atoms with Crippen LogP contribution in [0.5, 0.6) is 5.75 Å². The third-order valence-corrected chi connectivity index (χ3v) is 3.60. The summed E-state index contributed by atoms with van der Waals surface area (Å²) < 4.78 is 6.20. The quantitative estimate of drug-likeness (QED) is 0.632. The molecule has 0 aliphatic heterocycles. The summed E-state index contributed by atoms with van der Waals surface area (Å²) in [7, 11) is 1.54. The smallest absolute Gasteiger partial charge is 0.255 e. The van der Waals surface area contributed by atoms with Gasteiger partial charge < -0.3 is 15.8 Å². The van der Waals surface area contributed by atoms with Crippen molar-refractivity contribution in [1.29, 1.82) is 0 Å². The highest BCUT2D eigenvalue weighted by molar-refractivity contribution is 14.1. The van der Waals surface area contributed by atoms with Gasteiger partial charge in [0.2, 0.25) is 0 Å². The normalized spacial score (nSPS) is 10.2. The molecule has 0 aromatic heterocycles. The van der Waals surface area contributed by atoms with Gasteiger partial charge in [0, 0.05) is 14.8 Å². The largest absolute Gasteiger partial charge is 0.495 e. The Morgan fingerprint density at radius 1 is 1.25 bits per heavy atom. The van der Waals surface area contributed by atoms with E-state index in [0.717, 1.165) is 14.8 Å². The van der Waals surface area contributed by atoms with Crippen LogP contribution < -0.4 is 15.8 Å². The molecule has 2 aromatic rings. The number of carbonyl (C=O) groups excluding carboxylic acids is 1. The molecule has 0 saturated heterocycles. The summed E-state index contributed by atoms with van der Waals surface area (Å²) >= 11 is 2.24. The number of nitrogens with one attached hydrogen (secondary N) is 1. The van der Waals surface area contributed by atoms with Crippen molar-refractivity contribution in [3.8, 4) is 5.75 Å². The molecule has 0 radical (unpaired) electrons. The fourth-order valence-electron chi connectivity index (χ4n) is 1.84. The fourth-order valence-corrected chi connectivity index (χ4v) is 2.48. The molecular weight excluding hydrogens is 367 g/mol. The number of halogens is 1. The molecule has 0 atom stereocenters. The van der Waals surface area contributed by atoms with Crippen molar-refractivity contribution >= 4 is 39.9 Å². The number of ether oxygens (including phenoxy) is 1. The topological polar surface area (TPSA) is 64.3 Å². The molecule has 0 bridgehead atoms. The second kappa shape index (κ2) is 6.13. The first-order valence-corrected chi connectivity index (χ1v) is 7.10. The van der Waals surface area contributed by atoms with E-state index in [1.807, 2.05) is 25.1 Å². The van der Waals surface area contributed by atoms with E-state index in [0.29, 0.717) is 17.0 Å². The van der Waals surface area contributed by atoms with E-state index in [1.165, 1.54) is 0 Å². The van der Waals surface area contributed by atoms with Crippen molar-refractivity contribution in [3.63, 3.8) is 0 Å². The number of rotatable bonds is 3. The SMILES string of the molecule is COc1ccc(C(=O)Nc2ccc(I)cc2C)cc1N. The maximum absolute atomic E-state index is 12.2. The van der Waals surface area contributed by atoms with E-state index in [9.17, 15) is 4.79 Å². The summed E-state index contributed by atoms with van der Waals surface area (Å²) in [5.74, 6) is 0.371. The molecule has 2 aromatic carbocycles. The van der Waals surface area contributed by atoms with Crippen molar-refractivity contribution in [2.75, 3.05) is 18.2 Å². The third kappa shape index (κ3) is 3.22. The van der Waals surface area contributed by atoms with Crippen molar-refractivity contribution in [2.45, 2.75) is 6.92 Å². The van der Waals surface area contributed by atoms with Crippen LogP contribution in [0.3, 0.4) is 0 Å². The Bertz CT molecular complexity index is 656. The highest BCUT2D eigenvalue weighted by Crippen LogP contribution is 2.23. The fraction of sp³-hybridized carbons (Fsp3) is 0.133. The van der Waals surface area contributed by atoms with Crippen molar-refractivity contribution in [2.24, 2.45) is 0 Å². The molecule has 3 N–H and O–H groups in total. The van der Waals surface area contributed by atoms with Crippen LogP contribution in [-0.2, 0) is 0 Å². The zero-order valence-corrected chi connectivity index (χ0v) is 13.4. The van der Waals surface area contributed by atoms with Crippen LogP contribution in [-0.4, -0.2) is 13.0 Å². The summed E-state index contributed by atoms with van der Waals surface area (Å²) in [6.45, 7) is 1.96. The monoisotopic (exact) mass is 382 g/mol. The number of carbonyl (C=O) groups is 1. The minimum atomic E-state index is -0.191. The summed E-state index contributed by atoms with van der Waals surface area (Å²) in [6.07, 6.45) is 0. The molecular formula is C15H15IN2O2. The maximum Gasteiger partial charge on any atom is 0.255 e. The second-order valence-corrected chi connectivity index (χ2v) is 5.62. The third-order valence-electron chi connectivity index (χ3n) is 2.93. The van der Waals surface area contributed by atoms with Gasteiger partial charge in [-0.2, -0.15) is 0 Å².